The van der Waals surface area contributed by atoms with E-state index in [1.54, 1.807) is 17.4 Å². The summed E-state index contributed by atoms with van der Waals surface area (Å²) in [6.07, 6.45) is 1.79. The van der Waals surface area contributed by atoms with E-state index in [1.807, 2.05) is 0 Å². The highest BCUT2D eigenvalue weighted by Crippen LogP contribution is 2.71. The van der Waals surface area contributed by atoms with Crippen molar-refractivity contribution >= 4 is 17.1 Å². The number of carbonyl (C=O) groups excluding carboxylic acids is 1. The summed E-state index contributed by atoms with van der Waals surface area (Å²) in [6.45, 7) is 6.55. The summed E-state index contributed by atoms with van der Waals surface area (Å²) in [5, 5.41) is 8.88. The molecule has 0 aliphatic heterocycles. The average molecular weight is 419 g/mol. The number of ketones is 1. The smallest absolute Gasteiger partial charge is 0.197 e. The van der Waals surface area contributed by atoms with Crippen molar-refractivity contribution in [1.82, 2.24) is 0 Å². The molecule has 4 nitrogen and oxygen atoms in total. The summed E-state index contributed by atoms with van der Waals surface area (Å²) < 4.78 is 24.9. The predicted octanol–water partition coefficient (Wildman–Crippen LogP) is 4.69. The first-order chi connectivity index (χ1) is 13.8. The Hall–Kier alpha value is -1.92. The molecule has 2 atom stereocenters. The SMILES string of the molecule is COc1cc(CCC(=O)c2sc(C)c3c2C[C@@H]2[C@H]3C2(C)C)cc(F)c1OCCO. The fourth-order valence-corrected chi connectivity index (χ4v) is 6.13. The minimum Gasteiger partial charge on any atom is -0.493 e. The number of fused-ring (bicyclic) bond motifs is 3. The molecule has 0 bridgehead atoms. The highest BCUT2D eigenvalue weighted by molar-refractivity contribution is 7.14. The maximum Gasteiger partial charge on any atom is 0.197 e. The highest BCUT2D eigenvalue weighted by Gasteiger charge is 2.63. The third-order valence-corrected chi connectivity index (χ3v) is 7.74. The van der Waals surface area contributed by atoms with Gasteiger partial charge in [0.05, 0.1) is 18.6 Å². The Bertz CT molecular complexity index is 962. The van der Waals surface area contributed by atoms with Gasteiger partial charge in [-0.3, -0.25) is 4.79 Å². The van der Waals surface area contributed by atoms with E-state index >= 15 is 0 Å². The lowest BCUT2D eigenvalue weighted by Gasteiger charge is -2.13. The normalized spacial score (nSPS) is 20.9. The van der Waals surface area contributed by atoms with E-state index in [9.17, 15) is 9.18 Å². The molecule has 0 spiro atoms. The monoisotopic (exact) mass is 418 g/mol. The number of ether oxygens (including phenoxy) is 2. The van der Waals surface area contributed by atoms with Crippen LogP contribution in [0.4, 0.5) is 4.39 Å². The lowest BCUT2D eigenvalue weighted by atomic mass is 9.94. The van der Waals surface area contributed by atoms with Crippen LogP contribution >= 0.6 is 11.3 Å². The van der Waals surface area contributed by atoms with E-state index in [4.69, 9.17) is 14.6 Å². The lowest BCUT2D eigenvalue weighted by molar-refractivity contribution is 0.0985. The molecule has 1 N–H and O–H groups in total. The maximum absolute atomic E-state index is 14.4. The van der Waals surface area contributed by atoms with Crippen molar-refractivity contribution in [1.29, 1.82) is 0 Å². The maximum atomic E-state index is 14.4. The first kappa shape index (κ1) is 20.4. The number of hydrogen-bond donors (Lipinski definition) is 1. The van der Waals surface area contributed by atoms with Crippen LogP contribution in [-0.2, 0) is 12.8 Å². The van der Waals surface area contributed by atoms with Crippen LogP contribution in [0.5, 0.6) is 11.5 Å². The van der Waals surface area contributed by atoms with Crippen LogP contribution < -0.4 is 9.47 Å². The predicted molar refractivity (Wildman–Crippen MR) is 111 cm³/mol. The van der Waals surface area contributed by atoms with Crippen molar-refractivity contribution in [2.75, 3.05) is 20.3 Å². The molecule has 2 aliphatic carbocycles. The van der Waals surface area contributed by atoms with Crippen LogP contribution in [0.25, 0.3) is 0 Å². The first-order valence-corrected chi connectivity index (χ1v) is 10.9. The van der Waals surface area contributed by atoms with Gasteiger partial charge in [-0.2, -0.15) is 0 Å². The lowest BCUT2D eigenvalue weighted by Crippen LogP contribution is -2.07. The van der Waals surface area contributed by atoms with Crippen molar-refractivity contribution < 1.29 is 23.8 Å². The van der Waals surface area contributed by atoms with Gasteiger partial charge in [0, 0.05) is 11.3 Å². The van der Waals surface area contributed by atoms with Crippen molar-refractivity contribution in [3.05, 3.63) is 44.4 Å². The second-order valence-corrected chi connectivity index (χ2v) is 9.82. The van der Waals surface area contributed by atoms with Crippen molar-refractivity contribution in [3.8, 4) is 11.5 Å². The number of carbonyl (C=O) groups is 1. The third-order valence-electron chi connectivity index (χ3n) is 6.54. The molecule has 1 heterocycles. The number of Topliss-reactive ketones (excluding diaryl/α,β-unsaturated/α-hetero) is 1. The quantitative estimate of drug-likeness (QED) is 0.632. The van der Waals surface area contributed by atoms with Gasteiger partial charge in [0.25, 0.3) is 0 Å². The van der Waals surface area contributed by atoms with Crippen LogP contribution in [0.3, 0.4) is 0 Å². The second-order valence-electron chi connectivity index (χ2n) is 8.59. The molecule has 2 aromatic rings. The Kier molecular flexibility index (Phi) is 5.20. The minimum absolute atomic E-state index is 0.00720. The average Bonchev–Trinajstić information content (AvgIpc) is 3.02. The van der Waals surface area contributed by atoms with Crippen molar-refractivity contribution in [2.24, 2.45) is 11.3 Å². The Morgan fingerprint density at radius 2 is 2.14 bits per heavy atom. The molecule has 1 aromatic heterocycles. The number of aryl methyl sites for hydroxylation is 2. The Labute approximate surface area is 174 Å². The topological polar surface area (TPSA) is 55.8 Å². The summed E-state index contributed by atoms with van der Waals surface area (Å²) in [4.78, 5) is 15.1. The zero-order valence-electron chi connectivity index (χ0n) is 17.3. The molecule has 156 valence electrons. The molecule has 2 aliphatic rings. The molecule has 0 amide bonds. The van der Waals surface area contributed by atoms with E-state index in [0.717, 1.165) is 11.3 Å². The molecule has 0 saturated heterocycles. The van der Waals surface area contributed by atoms with Gasteiger partial charge < -0.3 is 14.6 Å². The zero-order chi connectivity index (χ0) is 20.9. The molecular formula is C23H27FO4S. The van der Waals surface area contributed by atoms with E-state index in [-0.39, 0.29) is 30.5 Å². The van der Waals surface area contributed by atoms with E-state index < -0.39 is 5.82 Å². The standard InChI is InChI=1S/C23H27FO4S/c1-12-19-14(11-15-20(19)23(15,2)3)22(29-12)17(26)6-5-13-9-16(24)21(28-8-7-25)18(10-13)27-4/h9-10,15,20,25H,5-8,11H2,1-4H3/t15-,20-/m1/s1. The fourth-order valence-electron chi connectivity index (χ4n) is 4.93. The summed E-state index contributed by atoms with van der Waals surface area (Å²) >= 11 is 1.62. The number of rotatable bonds is 8. The number of hydrogen-bond acceptors (Lipinski definition) is 5. The van der Waals surface area contributed by atoms with Gasteiger partial charge in [0.15, 0.2) is 23.1 Å². The Morgan fingerprint density at radius 3 is 2.83 bits per heavy atom. The third kappa shape index (κ3) is 3.36. The van der Waals surface area contributed by atoms with Crippen LogP contribution in [0.1, 0.15) is 57.4 Å². The van der Waals surface area contributed by atoms with Gasteiger partial charge in [-0.05, 0) is 65.8 Å². The van der Waals surface area contributed by atoms with Crippen molar-refractivity contribution in [2.45, 2.75) is 46.0 Å². The van der Waals surface area contributed by atoms with Gasteiger partial charge in [-0.25, -0.2) is 4.39 Å². The molecule has 29 heavy (non-hydrogen) atoms. The van der Waals surface area contributed by atoms with E-state index in [1.165, 1.54) is 29.2 Å². The molecule has 6 heteroatoms. The van der Waals surface area contributed by atoms with Crippen molar-refractivity contribution in [3.63, 3.8) is 0 Å². The summed E-state index contributed by atoms with van der Waals surface area (Å²) in [5.74, 6) is 1.14. The van der Waals surface area contributed by atoms with Crippen LogP contribution in [-0.4, -0.2) is 31.2 Å². The molecule has 4 rings (SSSR count). The van der Waals surface area contributed by atoms with Gasteiger partial charge in [0.2, 0.25) is 0 Å². The Balaban J connectivity index is 1.48. The number of benzene rings is 1. The van der Waals surface area contributed by atoms with E-state index in [2.05, 4.69) is 20.8 Å². The summed E-state index contributed by atoms with van der Waals surface area (Å²) in [7, 11) is 1.44. The summed E-state index contributed by atoms with van der Waals surface area (Å²) in [6, 6.07) is 3.08. The molecule has 1 aromatic carbocycles. The number of halogens is 1. The van der Waals surface area contributed by atoms with E-state index in [0.29, 0.717) is 35.7 Å². The molecule has 0 radical (unpaired) electrons. The molecule has 1 fully saturated rings. The number of thiophene rings is 1. The van der Waals surface area contributed by atoms with Gasteiger partial charge in [0.1, 0.15) is 6.61 Å². The van der Waals surface area contributed by atoms with Crippen LogP contribution in [0.15, 0.2) is 12.1 Å². The zero-order valence-corrected chi connectivity index (χ0v) is 18.1. The number of methoxy groups -OCH3 is 1. The van der Waals surface area contributed by atoms with Gasteiger partial charge in [-0.15, -0.1) is 11.3 Å². The minimum atomic E-state index is -0.546. The molecule has 0 unspecified atom stereocenters. The largest absolute Gasteiger partial charge is 0.493 e. The van der Waals surface area contributed by atoms with Crippen LogP contribution in [0, 0.1) is 24.1 Å². The van der Waals surface area contributed by atoms with Gasteiger partial charge >= 0.3 is 0 Å². The van der Waals surface area contributed by atoms with Gasteiger partial charge in [-0.1, -0.05) is 13.8 Å². The Morgan fingerprint density at radius 1 is 1.38 bits per heavy atom. The second kappa shape index (κ2) is 7.40. The molecular weight excluding hydrogens is 391 g/mol. The summed E-state index contributed by atoms with van der Waals surface area (Å²) in [5.41, 5.74) is 3.75. The van der Waals surface area contributed by atoms with Crippen LogP contribution in [0.2, 0.25) is 0 Å². The molecule has 1 saturated carbocycles. The number of aliphatic hydroxyl groups is 1. The fraction of sp³-hybridized carbons (Fsp3) is 0.522. The number of aliphatic hydroxyl groups excluding tert-OH is 1. The first-order valence-electron chi connectivity index (χ1n) is 10.0. The highest BCUT2D eigenvalue weighted by atomic mass is 32.1.